The second-order valence-electron chi connectivity index (χ2n) is 6.24. The summed E-state index contributed by atoms with van der Waals surface area (Å²) in [6.45, 7) is 10.1. The maximum atomic E-state index is 4.49. The van der Waals surface area contributed by atoms with Gasteiger partial charge in [-0.1, -0.05) is 13.8 Å². The Kier molecular flexibility index (Phi) is 4.17. The Morgan fingerprint density at radius 3 is 2.72 bits per heavy atom. The molecule has 1 aliphatic carbocycles. The molecule has 0 amide bonds. The average molecular weight is 314 g/mol. The first-order valence-corrected chi connectivity index (χ1v) is 7.68. The highest BCUT2D eigenvalue weighted by Crippen LogP contribution is 2.34. The number of aromatic nitrogens is 2. The van der Waals surface area contributed by atoms with Crippen LogP contribution >= 0.6 is 15.9 Å². The summed E-state index contributed by atoms with van der Waals surface area (Å²) in [6.07, 6.45) is 5.77. The molecule has 102 valence electrons. The van der Waals surface area contributed by atoms with E-state index in [0.717, 1.165) is 23.5 Å². The van der Waals surface area contributed by atoms with Gasteiger partial charge in [0.25, 0.3) is 0 Å². The van der Waals surface area contributed by atoms with Crippen molar-refractivity contribution >= 4 is 15.9 Å². The summed E-state index contributed by atoms with van der Waals surface area (Å²) in [6, 6.07) is 1.20. The molecule has 0 bridgehead atoms. The van der Waals surface area contributed by atoms with Crippen molar-refractivity contribution in [3.8, 4) is 0 Å². The van der Waals surface area contributed by atoms with Crippen molar-refractivity contribution in [1.82, 2.24) is 15.1 Å². The summed E-state index contributed by atoms with van der Waals surface area (Å²) in [5.41, 5.74) is 1.46. The third kappa shape index (κ3) is 3.15. The van der Waals surface area contributed by atoms with Crippen molar-refractivity contribution in [2.45, 2.75) is 64.5 Å². The van der Waals surface area contributed by atoms with Crippen LogP contribution in [0, 0.1) is 0 Å². The predicted octanol–water partition coefficient (Wildman–Crippen LogP) is 3.65. The van der Waals surface area contributed by atoms with E-state index in [0.29, 0.717) is 6.04 Å². The maximum absolute atomic E-state index is 4.49. The van der Waals surface area contributed by atoms with Crippen LogP contribution < -0.4 is 5.32 Å². The van der Waals surface area contributed by atoms with Gasteiger partial charge in [-0.2, -0.15) is 5.10 Å². The highest BCUT2D eigenvalue weighted by atomic mass is 79.9. The Bertz CT molecular complexity index is 405. The van der Waals surface area contributed by atoms with Gasteiger partial charge in [0.1, 0.15) is 0 Å². The fraction of sp³-hybridized carbons (Fsp3) is 0.786. The Hall–Kier alpha value is -0.350. The van der Waals surface area contributed by atoms with Crippen LogP contribution in [0.15, 0.2) is 10.7 Å². The summed E-state index contributed by atoms with van der Waals surface area (Å²) in [7, 11) is 0. The lowest BCUT2D eigenvalue weighted by molar-refractivity contribution is 0.391. The molecule has 0 aliphatic heterocycles. The van der Waals surface area contributed by atoms with Crippen LogP contribution in [0.2, 0.25) is 0 Å². The number of rotatable bonds is 6. The van der Waals surface area contributed by atoms with E-state index in [9.17, 15) is 0 Å². The first-order chi connectivity index (χ1) is 8.42. The first-order valence-electron chi connectivity index (χ1n) is 6.88. The monoisotopic (exact) mass is 313 g/mol. The van der Waals surface area contributed by atoms with E-state index in [-0.39, 0.29) is 5.41 Å². The average Bonchev–Trinajstić information content (AvgIpc) is 2.98. The second kappa shape index (κ2) is 5.33. The number of halogens is 1. The van der Waals surface area contributed by atoms with Gasteiger partial charge in [-0.15, -0.1) is 0 Å². The van der Waals surface area contributed by atoms with Crippen LogP contribution in [-0.4, -0.2) is 22.4 Å². The van der Waals surface area contributed by atoms with Gasteiger partial charge in [-0.25, -0.2) is 0 Å². The SMILES string of the molecule is CC(C)n1ncc(Br)c1C(C)(C)CCNC1CC1. The van der Waals surface area contributed by atoms with Crippen molar-refractivity contribution < 1.29 is 0 Å². The minimum atomic E-state index is 0.140. The smallest absolute Gasteiger partial charge is 0.0635 e. The molecular formula is C14H24BrN3. The molecule has 18 heavy (non-hydrogen) atoms. The van der Waals surface area contributed by atoms with E-state index in [1.807, 2.05) is 6.20 Å². The molecule has 0 unspecified atom stereocenters. The molecule has 0 aromatic carbocycles. The van der Waals surface area contributed by atoms with Gasteiger partial charge in [0.15, 0.2) is 0 Å². The third-order valence-corrected chi connectivity index (χ3v) is 4.22. The molecule has 1 aliphatic rings. The number of hydrogen-bond donors (Lipinski definition) is 1. The molecule has 0 saturated heterocycles. The largest absolute Gasteiger partial charge is 0.314 e. The van der Waals surface area contributed by atoms with Gasteiger partial charge >= 0.3 is 0 Å². The van der Waals surface area contributed by atoms with Crippen molar-refractivity contribution in [3.05, 3.63) is 16.4 Å². The topological polar surface area (TPSA) is 29.9 Å². The molecule has 1 N–H and O–H groups in total. The zero-order chi connectivity index (χ0) is 13.3. The summed E-state index contributed by atoms with van der Waals surface area (Å²) >= 11 is 3.65. The fourth-order valence-electron chi connectivity index (χ4n) is 2.36. The molecule has 1 aromatic heterocycles. The van der Waals surface area contributed by atoms with Gasteiger partial charge in [-0.3, -0.25) is 4.68 Å². The molecular weight excluding hydrogens is 290 g/mol. The molecule has 4 heteroatoms. The highest BCUT2D eigenvalue weighted by Gasteiger charge is 2.29. The van der Waals surface area contributed by atoms with E-state index in [4.69, 9.17) is 0 Å². The number of nitrogens with zero attached hydrogens (tertiary/aromatic N) is 2. The van der Waals surface area contributed by atoms with Crippen molar-refractivity contribution in [3.63, 3.8) is 0 Å². The van der Waals surface area contributed by atoms with Gasteiger partial charge in [-0.05, 0) is 55.6 Å². The van der Waals surface area contributed by atoms with Crippen molar-refractivity contribution in [2.24, 2.45) is 0 Å². The lowest BCUT2D eigenvalue weighted by Crippen LogP contribution is -2.29. The summed E-state index contributed by atoms with van der Waals surface area (Å²) < 4.78 is 3.27. The van der Waals surface area contributed by atoms with Crippen LogP contribution in [-0.2, 0) is 5.41 Å². The van der Waals surface area contributed by atoms with Gasteiger partial charge < -0.3 is 5.32 Å². The van der Waals surface area contributed by atoms with E-state index in [1.54, 1.807) is 0 Å². The van der Waals surface area contributed by atoms with Gasteiger partial charge in [0, 0.05) is 17.5 Å². The van der Waals surface area contributed by atoms with Crippen LogP contribution in [0.4, 0.5) is 0 Å². The molecule has 2 rings (SSSR count). The lowest BCUT2D eigenvalue weighted by Gasteiger charge is -2.28. The Balaban J connectivity index is 2.08. The van der Waals surface area contributed by atoms with Gasteiger partial charge in [0.2, 0.25) is 0 Å². The zero-order valence-corrected chi connectivity index (χ0v) is 13.4. The molecule has 1 fully saturated rings. The minimum absolute atomic E-state index is 0.140. The second-order valence-corrected chi connectivity index (χ2v) is 7.10. The molecule has 0 atom stereocenters. The van der Waals surface area contributed by atoms with Crippen LogP contribution in [0.25, 0.3) is 0 Å². The Morgan fingerprint density at radius 1 is 1.50 bits per heavy atom. The Morgan fingerprint density at radius 2 is 2.17 bits per heavy atom. The third-order valence-electron chi connectivity index (χ3n) is 3.64. The standard InChI is InChI=1S/C14H24BrN3/c1-10(2)18-13(12(15)9-17-18)14(3,4)7-8-16-11-5-6-11/h9-11,16H,5-8H2,1-4H3. The molecule has 1 aromatic rings. The predicted molar refractivity (Wildman–Crippen MR) is 79.0 cm³/mol. The molecule has 1 heterocycles. The molecule has 1 saturated carbocycles. The number of hydrogen-bond acceptors (Lipinski definition) is 2. The summed E-state index contributed by atoms with van der Waals surface area (Å²) in [5, 5.41) is 8.08. The van der Waals surface area contributed by atoms with Crippen LogP contribution in [0.5, 0.6) is 0 Å². The Labute approximate surface area is 118 Å². The number of nitrogens with one attached hydrogen (secondary N) is 1. The van der Waals surface area contributed by atoms with Crippen molar-refractivity contribution in [2.75, 3.05) is 6.54 Å². The molecule has 3 nitrogen and oxygen atoms in total. The quantitative estimate of drug-likeness (QED) is 0.869. The summed E-state index contributed by atoms with van der Waals surface area (Å²) in [5.74, 6) is 0. The van der Waals surface area contributed by atoms with E-state index in [2.05, 4.69) is 58.7 Å². The zero-order valence-electron chi connectivity index (χ0n) is 11.8. The molecule has 0 radical (unpaired) electrons. The van der Waals surface area contributed by atoms with Crippen molar-refractivity contribution in [1.29, 1.82) is 0 Å². The van der Waals surface area contributed by atoms with E-state index >= 15 is 0 Å². The minimum Gasteiger partial charge on any atom is -0.314 e. The lowest BCUT2D eigenvalue weighted by atomic mass is 9.85. The summed E-state index contributed by atoms with van der Waals surface area (Å²) in [4.78, 5) is 0. The fourth-order valence-corrected chi connectivity index (χ4v) is 3.17. The first kappa shape index (κ1) is 14.1. The van der Waals surface area contributed by atoms with Crippen LogP contribution in [0.3, 0.4) is 0 Å². The normalized spacial score (nSPS) is 16.6. The highest BCUT2D eigenvalue weighted by molar-refractivity contribution is 9.10. The van der Waals surface area contributed by atoms with Crippen LogP contribution in [0.1, 0.15) is 58.7 Å². The molecule has 0 spiro atoms. The maximum Gasteiger partial charge on any atom is 0.0635 e. The van der Waals surface area contributed by atoms with Gasteiger partial charge in [0.05, 0.1) is 16.4 Å². The van der Waals surface area contributed by atoms with E-state index in [1.165, 1.54) is 18.5 Å². The van der Waals surface area contributed by atoms with E-state index < -0.39 is 0 Å².